The highest BCUT2D eigenvalue weighted by Gasteiger charge is 2.56. The molecule has 0 aromatic heterocycles. The van der Waals surface area contributed by atoms with Gasteiger partial charge in [0, 0.05) is 13.1 Å². The minimum Gasteiger partial charge on any atom is -0.481 e. The lowest BCUT2D eigenvalue weighted by Gasteiger charge is -2.53. The lowest BCUT2D eigenvalue weighted by Crippen LogP contribution is -2.61. The van der Waals surface area contributed by atoms with Crippen LogP contribution in [0.1, 0.15) is 12.8 Å². The number of nitrogens with zero attached hydrogens (tertiary/aromatic N) is 1. The Morgan fingerprint density at radius 3 is 2.81 bits per heavy atom. The summed E-state index contributed by atoms with van der Waals surface area (Å²) < 4.78 is 4.90. The normalized spacial score (nSPS) is 31.5. The summed E-state index contributed by atoms with van der Waals surface area (Å²) >= 11 is 0. The van der Waals surface area contributed by atoms with Gasteiger partial charge in [0.05, 0.1) is 5.41 Å². The highest BCUT2D eigenvalue weighted by Crippen LogP contribution is 2.50. The number of carboxylic acid groups (broad SMARTS) is 1. The molecule has 0 unspecified atom stereocenters. The van der Waals surface area contributed by atoms with Gasteiger partial charge in [-0.2, -0.15) is 0 Å². The van der Waals surface area contributed by atoms with E-state index in [2.05, 4.69) is 6.58 Å². The van der Waals surface area contributed by atoms with E-state index >= 15 is 0 Å². The zero-order valence-corrected chi connectivity index (χ0v) is 9.02. The first-order valence-electron chi connectivity index (χ1n) is 5.33. The van der Waals surface area contributed by atoms with Crippen LogP contribution < -0.4 is 0 Å². The smallest absolute Gasteiger partial charge is 0.410 e. The Balaban J connectivity index is 1.96. The summed E-state index contributed by atoms with van der Waals surface area (Å²) in [5, 5.41) is 9.12. The Bertz CT molecular complexity index is 333. The third-order valence-electron chi connectivity index (χ3n) is 3.37. The Morgan fingerprint density at radius 2 is 2.25 bits per heavy atom. The fourth-order valence-electron chi connectivity index (χ4n) is 2.65. The molecule has 2 bridgehead atoms. The van der Waals surface area contributed by atoms with Gasteiger partial charge in [0.2, 0.25) is 0 Å². The van der Waals surface area contributed by atoms with Gasteiger partial charge in [-0.1, -0.05) is 12.7 Å². The maximum atomic E-state index is 11.6. The topological polar surface area (TPSA) is 66.8 Å². The Kier molecular flexibility index (Phi) is 2.61. The molecule has 0 atom stereocenters. The van der Waals surface area contributed by atoms with Crippen LogP contribution in [-0.2, 0) is 9.53 Å². The maximum absolute atomic E-state index is 11.6. The number of ether oxygens (including phenoxy) is 1. The van der Waals surface area contributed by atoms with E-state index in [1.807, 2.05) is 0 Å². The molecule has 1 N–H and O–H groups in total. The summed E-state index contributed by atoms with van der Waals surface area (Å²) in [7, 11) is 0. The lowest BCUT2D eigenvalue weighted by atomic mass is 9.59. The van der Waals surface area contributed by atoms with Crippen LogP contribution in [0.15, 0.2) is 12.7 Å². The molecule has 2 saturated heterocycles. The van der Waals surface area contributed by atoms with E-state index in [1.165, 1.54) is 11.0 Å². The zero-order chi connectivity index (χ0) is 11.8. The molecule has 16 heavy (non-hydrogen) atoms. The van der Waals surface area contributed by atoms with Crippen LogP contribution in [0.25, 0.3) is 0 Å². The number of fused-ring (bicyclic) bond motifs is 2. The summed E-state index contributed by atoms with van der Waals surface area (Å²) in [6, 6.07) is 0. The van der Waals surface area contributed by atoms with Crippen molar-refractivity contribution in [3.05, 3.63) is 12.7 Å². The molecular weight excluding hydrogens is 210 g/mol. The number of carboxylic acids is 1. The first-order valence-corrected chi connectivity index (χ1v) is 5.33. The minimum atomic E-state index is -0.801. The second-order valence-corrected chi connectivity index (χ2v) is 4.61. The molecule has 0 aromatic carbocycles. The van der Waals surface area contributed by atoms with Gasteiger partial charge in [-0.25, -0.2) is 4.79 Å². The number of aliphatic carboxylic acids is 1. The lowest BCUT2D eigenvalue weighted by molar-refractivity contribution is -0.166. The quantitative estimate of drug-likeness (QED) is 0.730. The molecule has 0 aromatic rings. The first kappa shape index (κ1) is 11.0. The Morgan fingerprint density at radius 1 is 1.56 bits per heavy atom. The number of carbonyl (C=O) groups is 2. The minimum absolute atomic E-state index is 0.167. The van der Waals surface area contributed by atoms with Crippen molar-refractivity contribution in [2.75, 3.05) is 19.7 Å². The van der Waals surface area contributed by atoms with Crippen molar-refractivity contribution >= 4 is 12.1 Å². The van der Waals surface area contributed by atoms with Crippen LogP contribution in [0.3, 0.4) is 0 Å². The zero-order valence-electron chi connectivity index (χ0n) is 9.02. The summed E-state index contributed by atoms with van der Waals surface area (Å²) in [5.41, 5.74) is -0.712. The van der Waals surface area contributed by atoms with Gasteiger partial charge in [-0.3, -0.25) is 4.79 Å². The van der Waals surface area contributed by atoms with Gasteiger partial charge in [0.25, 0.3) is 0 Å². The van der Waals surface area contributed by atoms with Crippen LogP contribution in [0.2, 0.25) is 0 Å². The van der Waals surface area contributed by atoms with Crippen molar-refractivity contribution in [1.82, 2.24) is 4.90 Å². The fourth-order valence-corrected chi connectivity index (χ4v) is 2.65. The third kappa shape index (κ3) is 1.66. The predicted octanol–water partition coefficient (Wildman–Crippen LogP) is 1.11. The second kappa shape index (κ2) is 3.81. The number of carbonyl (C=O) groups excluding carboxylic acids is 1. The molecule has 3 fully saturated rings. The molecular formula is C11H15NO4. The standard InChI is InChI=1S/C11H15NO4/c1-2-3-16-10(15)12-6-8-4-11(5-8,7-12)9(13)14/h2,8H,1,3-7H2,(H,13,14). The van der Waals surface area contributed by atoms with Crippen molar-refractivity contribution in [3.8, 4) is 0 Å². The molecule has 88 valence electrons. The summed E-state index contributed by atoms with van der Waals surface area (Å²) in [6.07, 6.45) is 2.44. The van der Waals surface area contributed by atoms with Crippen LogP contribution in [0.5, 0.6) is 0 Å². The van der Waals surface area contributed by atoms with Crippen LogP contribution in [-0.4, -0.2) is 41.8 Å². The Hall–Kier alpha value is -1.52. The highest BCUT2D eigenvalue weighted by atomic mass is 16.6. The molecule has 1 aliphatic carbocycles. The largest absolute Gasteiger partial charge is 0.481 e. The molecule has 0 radical (unpaired) electrons. The summed E-state index contributed by atoms with van der Waals surface area (Å²) in [4.78, 5) is 24.1. The van der Waals surface area contributed by atoms with E-state index in [9.17, 15) is 9.59 Å². The van der Waals surface area contributed by atoms with E-state index in [0.717, 1.165) is 0 Å². The van der Waals surface area contributed by atoms with E-state index in [0.29, 0.717) is 25.3 Å². The second-order valence-electron chi connectivity index (χ2n) is 4.61. The maximum Gasteiger partial charge on any atom is 0.410 e. The molecule has 5 nitrogen and oxygen atoms in total. The van der Waals surface area contributed by atoms with E-state index < -0.39 is 17.5 Å². The monoisotopic (exact) mass is 225 g/mol. The highest BCUT2D eigenvalue weighted by molar-refractivity contribution is 5.78. The van der Waals surface area contributed by atoms with E-state index in [4.69, 9.17) is 9.84 Å². The molecule has 1 saturated carbocycles. The third-order valence-corrected chi connectivity index (χ3v) is 3.37. The number of piperidine rings is 2. The fraction of sp³-hybridized carbons (Fsp3) is 0.636. The first-order chi connectivity index (χ1) is 7.57. The number of amides is 1. The average Bonchev–Trinajstić information content (AvgIpc) is 2.24. The van der Waals surface area contributed by atoms with E-state index in [-0.39, 0.29) is 13.2 Å². The molecule has 1 amide bonds. The van der Waals surface area contributed by atoms with Gasteiger partial charge < -0.3 is 14.7 Å². The molecule has 5 heteroatoms. The average molecular weight is 225 g/mol. The summed E-state index contributed by atoms with van der Waals surface area (Å²) in [5.74, 6) is -0.480. The van der Waals surface area contributed by atoms with Crippen LogP contribution in [0, 0.1) is 11.3 Å². The van der Waals surface area contributed by atoms with Gasteiger partial charge in [-0.05, 0) is 18.8 Å². The van der Waals surface area contributed by atoms with Gasteiger partial charge in [-0.15, -0.1) is 0 Å². The van der Waals surface area contributed by atoms with Crippen molar-refractivity contribution in [3.63, 3.8) is 0 Å². The molecule has 2 aliphatic heterocycles. The van der Waals surface area contributed by atoms with Crippen LogP contribution in [0.4, 0.5) is 4.79 Å². The molecule has 2 heterocycles. The summed E-state index contributed by atoms with van der Waals surface area (Å²) in [6.45, 7) is 4.51. The van der Waals surface area contributed by atoms with Crippen molar-refractivity contribution in [2.45, 2.75) is 12.8 Å². The predicted molar refractivity (Wildman–Crippen MR) is 55.9 cm³/mol. The molecule has 3 aliphatic rings. The SMILES string of the molecule is C=CCOC(=O)N1CC2CC(C(=O)O)(C2)C1. The van der Waals surface area contributed by atoms with Gasteiger partial charge >= 0.3 is 12.1 Å². The number of hydrogen-bond donors (Lipinski definition) is 1. The Labute approximate surface area is 93.7 Å². The molecule has 0 spiro atoms. The van der Waals surface area contributed by atoms with Gasteiger partial charge in [0.1, 0.15) is 6.61 Å². The van der Waals surface area contributed by atoms with Crippen molar-refractivity contribution < 1.29 is 19.4 Å². The van der Waals surface area contributed by atoms with E-state index in [1.54, 1.807) is 0 Å². The van der Waals surface area contributed by atoms with Gasteiger partial charge in [0.15, 0.2) is 0 Å². The van der Waals surface area contributed by atoms with Crippen LogP contribution >= 0.6 is 0 Å². The number of rotatable bonds is 3. The number of hydrogen-bond acceptors (Lipinski definition) is 3. The van der Waals surface area contributed by atoms with Crippen molar-refractivity contribution in [1.29, 1.82) is 0 Å². The molecule has 3 rings (SSSR count). The van der Waals surface area contributed by atoms with Crippen molar-refractivity contribution in [2.24, 2.45) is 11.3 Å².